The fourth-order valence-corrected chi connectivity index (χ4v) is 6.42. The lowest BCUT2D eigenvalue weighted by Gasteiger charge is -2.24. The van der Waals surface area contributed by atoms with Crippen molar-refractivity contribution in [2.75, 3.05) is 5.32 Å². The van der Waals surface area contributed by atoms with Crippen LogP contribution < -0.4 is 11.1 Å². The molecule has 0 radical (unpaired) electrons. The van der Waals surface area contributed by atoms with Gasteiger partial charge in [-0.2, -0.15) is 4.98 Å². The van der Waals surface area contributed by atoms with Crippen LogP contribution >= 0.6 is 56.9 Å². The molecule has 25 heavy (non-hydrogen) atoms. The van der Waals surface area contributed by atoms with Crippen LogP contribution in [-0.2, 0) is 6.54 Å². The van der Waals surface area contributed by atoms with Crippen LogP contribution in [0, 0.1) is 3.57 Å². The lowest BCUT2D eigenvalue weighted by Crippen LogP contribution is -2.29. The summed E-state index contributed by atoms with van der Waals surface area (Å²) >= 11 is 12.0. The lowest BCUT2D eigenvalue weighted by atomic mass is 9.88. The maximum atomic E-state index is 6.37. The van der Waals surface area contributed by atoms with Gasteiger partial charge in [-0.3, -0.25) is 0 Å². The summed E-state index contributed by atoms with van der Waals surface area (Å²) in [6, 6.07) is 4.31. The van der Waals surface area contributed by atoms with Gasteiger partial charge in [0.1, 0.15) is 11.3 Å². The highest BCUT2D eigenvalue weighted by molar-refractivity contribution is 14.1. The molecule has 0 amide bonds. The van der Waals surface area contributed by atoms with E-state index in [-0.39, 0.29) is 11.3 Å². The Kier molecular flexibility index (Phi) is 5.28. The van der Waals surface area contributed by atoms with E-state index in [9.17, 15) is 0 Å². The normalized spacial score (nSPS) is 20.3. The van der Waals surface area contributed by atoms with E-state index < -0.39 is 0 Å². The molecule has 4 nitrogen and oxygen atoms in total. The number of hydrogen-bond donors (Lipinski definition) is 2. The molecule has 1 aliphatic rings. The molecule has 3 aromatic heterocycles. The van der Waals surface area contributed by atoms with Crippen molar-refractivity contribution in [2.45, 2.75) is 31.3 Å². The van der Waals surface area contributed by atoms with Crippen molar-refractivity contribution < 1.29 is 0 Å². The zero-order chi connectivity index (χ0) is 17.4. The van der Waals surface area contributed by atoms with E-state index in [2.05, 4.69) is 61.5 Å². The van der Waals surface area contributed by atoms with Crippen LogP contribution in [0.4, 0.5) is 5.82 Å². The Morgan fingerprint density at radius 1 is 1.32 bits per heavy atom. The Balaban J connectivity index is 1.73. The SMILES string of the molecule is N[C@H]1CC=CC[C@@H]1c1sc2c(NCc3cccs3)nc(Cl)nc2c1I. The molecule has 3 N–H and O–H groups in total. The van der Waals surface area contributed by atoms with Crippen molar-refractivity contribution in [1.82, 2.24) is 9.97 Å². The molecule has 8 heteroatoms. The van der Waals surface area contributed by atoms with E-state index >= 15 is 0 Å². The second-order valence-electron chi connectivity index (χ2n) is 5.95. The number of hydrogen-bond acceptors (Lipinski definition) is 6. The summed E-state index contributed by atoms with van der Waals surface area (Å²) in [5.41, 5.74) is 7.30. The first-order chi connectivity index (χ1) is 12.1. The zero-order valence-corrected chi connectivity index (χ0v) is 17.8. The zero-order valence-electron chi connectivity index (χ0n) is 13.2. The molecular weight excluding hydrogens is 487 g/mol. The van der Waals surface area contributed by atoms with Gasteiger partial charge in [0.05, 0.1) is 14.8 Å². The smallest absolute Gasteiger partial charge is 0.225 e. The molecule has 0 fully saturated rings. The number of nitrogens with one attached hydrogen (secondary N) is 1. The molecule has 0 bridgehead atoms. The van der Waals surface area contributed by atoms with E-state index in [1.807, 2.05) is 6.07 Å². The fourth-order valence-electron chi connectivity index (χ4n) is 3.02. The van der Waals surface area contributed by atoms with Crippen LogP contribution in [0.15, 0.2) is 29.7 Å². The second kappa shape index (κ2) is 7.48. The summed E-state index contributed by atoms with van der Waals surface area (Å²) in [5, 5.41) is 5.77. The van der Waals surface area contributed by atoms with Gasteiger partial charge in [0.2, 0.25) is 5.28 Å². The van der Waals surface area contributed by atoms with E-state index in [1.165, 1.54) is 9.75 Å². The monoisotopic (exact) mass is 502 g/mol. The van der Waals surface area contributed by atoms with Crippen LogP contribution in [0.5, 0.6) is 0 Å². The number of halogens is 2. The van der Waals surface area contributed by atoms with Crippen LogP contribution in [-0.4, -0.2) is 16.0 Å². The van der Waals surface area contributed by atoms with E-state index in [0.29, 0.717) is 5.92 Å². The molecular formula is C17H16ClIN4S2. The number of anilines is 1. The quantitative estimate of drug-likeness (QED) is 0.285. The van der Waals surface area contributed by atoms with Gasteiger partial charge >= 0.3 is 0 Å². The van der Waals surface area contributed by atoms with E-state index in [0.717, 1.165) is 39.0 Å². The van der Waals surface area contributed by atoms with Crippen molar-refractivity contribution in [3.05, 3.63) is 48.3 Å². The maximum Gasteiger partial charge on any atom is 0.225 e. The molecule has 0 unspecified atom stereocenters. The van der Waals surface area contributed by atoms with Gasteiger partial charge in [-0.25, -0.2) is 4.98 Å². The highest BCUT2D eigenvalue weighted by Crippen LogP contribution is 2.43. The summed E-state index contributed by atoms with van der Waals surface area (Å²) in [4.78, 5) is 11.5. The molecule has 1 aliphatic carbocycles. The first-order valence-electron chi connectivity index (χ1n) is 7.95. The van der Waals surface area contributed by atoms with Crippen molar-refractivity contribution >= 4 is 72.9 Å². The average molecular weight is 503 g/mol. The van der Waals surface area contributed by atoms with Crippen LogP contribution in [0.1, 0.15) is 28.5 Å². The van der Waals surface area contributed by atoms with Gasteiger partial charge in [0.15, 0.2) is 0 Å². The van der Waals surface area contributed by atoms with Crippen LogP contribution in [0.3, 0.4) is 0 Å². The van der Waals surface area contributed by atoms with Crippen molar-refractivity contribution in [1.29, 1.82) is 0 Å². The molecule has 4 rings (SSSR count). The number of fused-ring (bicyclic) bond motifs is 1. The standard InChI is InChI=1S/C17H16ClIN4S2/c18-17-22-13-12(19)14(10-5-1-2-6-11(10)20)25-15(13)16(23-17)21-8-9-4-3-7-24-9/h1-4,7,10-11H,5-6,8,20H2,(H,21,22,23)/t10-,11-/m0/s1. The van der Waals surface area contributed by atoms with Gasteiger partial charge in [0, 0.05) is 21.7 Å². The van der Waals surface area contributed by atoms with Crippen molar-refractivity contribution in [2.24, 2.45) is 5.73 Å². The predicted molar refractivity (Wildman–Crippen MR) is 116 cm³/mol. The summed E-state index contributed by atoms with van der Waals surface area (Å²) < 4.78 is 2.21. The van der Waals surface area contributed by atoms with Gasteiger partial charge in [-0.05, 0) is 58.5 Å². The number of allylic oxidation sites excluding steroid dienone is 1. The largest absolute Gasteiger partial charge is 0.364 e. The summed E-state index contributed by atoms with van der Waals surface area (Å²) in [6.07, 6.45) is 6.29. The number of nitrogens with two attached hydrogens (primary N) is 1. The average Bonchev–Trinajstić information content (AvgIpc) is 3.22. The number of aromatic nitrogens is 2. The Morgan fingerprint density at radius 2 is 2.16 bits per heavy atom. The molecule has 3 heterocycles. The van der Waals surface area contributed by atoms with Gasteiger partial charge in [-0.1, -0.05) is 18.2 Å². The van der Waals surface area contributed by atoms with Gasteiger partial charge < -0.3 is 11.1 Å². The molecule has 0 saturated heterocycles. The summed E-state index contributed by atoms with van der Waals surface area (Å²) in [7, 11) is 0. The molecule has 2 atom stereocenters. The topological polar surface area (TPSA) is 63.8 Å². The Bertz CT molecular complexity index is 923. The highest BCUT2D eigenvalue weighted by Gasteiger charge is 2.27. The molecule has 0 spiro atoms. The van der Waals surface area contributed by atoms with E-state index in [4.69, 9.17) is 17.3 Å². The van der Waals surface area contributed by atoms with Crippen LogP contribution in [0.25, 0.3) is 10.2 Å². The lowest BCUT2D eigenvalue weighted by molar-refractivity contribution is 0.527. The molecule has 130 valence electrons. The minimum Gasteiger partial charge on any atom is -0.364 e. The third kappa shape index (κ3) is 3.57. The first kappa shape index (κ1) is 17.7. The summed E-state index contributed by atoms with van der Waals surface area (Å²) in [5.74, 6) is 1.14. The van der Waals surface area contributed by atoms with E-state index in [1.54, 1.807) is 22.7 Å². The third-order valence-corrected chi connectivity index (χ3v) is 8.12. The van der Waals surface area contributed by atoms with Crippen molar-refractivity contribution in [3.63, 3.8) is 0 Å². The molecule has 0 saturated carbocycles. The number of rotatable bonds is 4. The Hall–Kier alpha value is -0.740. The second-order valence-corrected chi connectivity index (χ2v) is 9.45. The summed E-state index contributed by atoms with van der Waals surface area (Å²) in [6.45, 7) is 0.732. The van der Waals surface area contributed by atoms with Gasteiger partial charge in [0.25, 0.3) is 0 Å². The van der Waals surface area contributed by atoms with Crippen LogP contribution in [0.2, 0.25) is 5.28 Å². The van der Waals surface area contributed by atoms with Crippen molar-refractivity contribution in [3.8, 4) is 0 Å². The maximum absolute atomic E-state index is 6.37. The predicted octanol–water partition coefficient (Wildman–Crippen LogP) is 5.38. The molecule has 3 aromatic rings. The Morgan fingerprint density at radius 3 is 2.92 bits per heavy atom. The first-order valence-corrected chi connectivity index (χ1v) is 11.1. The minimum atomic E-state index is 0.150. The fraction of sp³-hybridized carbons (Fsp3) is 0.294. The third-order valence-electron chi connectivity index (χ3n) is 4.30. The number of thiophene rings is 2. The molecule has 0 aliphatic heterocycles. The number of nitrogens with zero attached hydrogens (tertiary/aromatic N) is 2. The minimum absolute atomic E-state index is 0.150. The molecule has 0 aromatic carbocycles. The van der Waals surface area contributed by atoms with Gasteiger partial charge in [-0.15, -0.1) is 22.7 Å². The highest BCUT2D eigenvalue weighted by atomic mass is 127. The Labute approximate surface area is 172 Å².